The summed E-state index contributed by atoms with van der Waals surface area (Å²) in [5.41, 5.74) is 3.42. The van der Waals surface area contributed by atoms with E-state index < -0.39 is 0 Å². The molecule has 3 heterocycles. The highest BCUT2D eigenvalue weighted by molar-refractivity contribution is 5.77. The number of ether oxygens (including phenoxy) is 1. The zero-order valence-corrected chi connectivity index (χ0v) is 10.7. The molecule has 4 rings (SSSR count). The van der Waals surface area contributed by atoms with Crippen LogP contribution in [0.4, 0.5) is 0 Å². The number of H-pyrrole nitrogens is 1. The summed E-state index contributed by atoms with van der Waals surface area (Å²) in [4.78, 5) is 7.40. The second kappa shape index (κ2) is 4.06. The number of fused-ring (bicyclic) bond motifs is 3. The van der Waals surface area contributed by atoms with Crippen molar-refractivity contribution in [3.05, 3.63) is 42.7 Å². The Labute approximate surface area is 114 Å². The van der Waals surface area contributed by atoms with E-state index in [0.29, 0.717) is 0 Å². The zero-order valence-electron chi connectivity index (χ0n) is 10.7. The van der Waals surface area contributed by atoms with Gasteiger partial charge in [0.15, 0.2) is 17.1 Å². The van der Waals surface area contributed by atoms with Gasteiger partial charge in [-0.05, 0) is 18.2 Å². The van der Waals surface area contributed by atoms with Crippen LogP contribution in [0.15, 0.2) is 42.7 Å². The third kappa shape index (κ3) is 1.48. The van der Waals surface area contributed by atoms with Gasteiger partial charge < -0.3 is 9.72 Å². The predicted octanol–water partition coefficient (Wildman–Crippen LogP) is 2.28. The minimum Gasteiger partial charge on any atom is -0.497 e. The normalized spacial score (nSPS) is 11.2. The van der Waals surface area contributed by atoms with Crippen molar-refractivity contribution in [3.8, 4) is 17.1 Å². The van der Waals surface area contributed by atoms with Crippen LogP contribution >= 0.6 is 0 Å². The van der Waals surface area contributed by atoms with Crippen LogP contribution in [0.3, 0.4) is 0 Å². The van der Waals surface area contributed by atoms with Crippen molar-refractivity contribution in [2.45, 2.75) is 0 Å². The van der Waals surface area contributed by atoms with Crippen LogP contribution in [0.2, 0.25) is 0 Å². The monoisotopic (exact) mass is 265 g/mol. The average molecular weight is 265 g/mol. The Morgan fingerprint density at radius 3 is 3.05 bits per heavy atom. The van der Waals surface area contributed by atoms with E-state index in [1.165, 1.54) is 0 Å². The van der Waals surface area contributed by atoms with Crippen molar-refractivity contribution >= 4 is 16.8 Å². The van der Waals surface area contributed by atoms with Crippen LogP contribution in [0.1, 0.15) is 0 Å². The van der Waals surface area contributed by atoms with Gasteiger partial charge in [0.2, 0.25) is 0 Å². The highest BCUT2D eigenvalue weighted by atomic mass is 16.5. The topological polar surface area (TPSA) is 68.1 Å². The Hall–Kier alpha value is -2.89. The third-order valence-electron chi connectivity index (χ3n) is 3.27. The number of aromatic nitrogens is 5. The fourth-order valence-electron chi connectivity index (χ4n) is 2.33. The Morgan fingerprint density at radius 2 is 2.15 bits per heavy atom. The zero-order chi connectivity index (χ0) is 13.5. The number of rotatable bonds is 2. The Kier molecular flexibility index (Phi) is 2.23. The summed E-state index contributed by atoms with van der Waals surface area (Å²) in [6.45, 7) is 0. The summed E-state index contributed by atoms with van der Waals surface area (Å²) in [6.07, 6.45) is 3.56. The van der Waals surface area contributed by atoms with Crippen molar-refractivity contribution in [1.82, 2.24) is 24.6 Å². The molecule has 0 saturated heterocycles. The molecule has 0 fully saturated rings. The first kappa shape index (κ1) is 11.0. The highest BCUT2D eigenvalue weighted by Gasteiger charge is 2.12. The summed E-state index contributed by atoms with van der Waals surface area (Å²) in [7, 11) is 1.65. The van der Waals surface area contributed by atoms with Crippen molar-refractivity contribution in [1.29, 1.82) is 0 Å². The molecule has 0 atom stereocenters. The lowest BCUT2D eigenvalue weighted by Crippen LogP contribution is -1.93. The molecule has 0 saturated carbocycles. The van der Waals surface area contributed by atoms with E-state index in [-0.39, 0.29) is 0 Å². The molecule has 0 spiro atoms. The van der Waals surface area contributed by atoms with E-state index in [1.54, 1.807) is 13.3 Å². The molecular weight excluding hydrogens is 254 g/mol. The summed E-state index contributed by atoms with van der Waals surface area (Å²) >= 11 is 0. The number of benzene rings is 1. The van der Waals surface area contributed by atoms with E-state index in [4.69, 9.17) is 4.74 Å². The lowest BCUT2D eigenvalue weighted by atomic mass is 10.2. The maximum atomic E-state index is 5.26. The van der Waals surface area contributed by atoms with Crippen LogP contribution in [-0.2, 0) is 0 Å². The summed E-state index contributed by atoms with van der Waals surface area (Å²) < 4.78 is 7.24. The van der Waals surface area contributed by atoms with Crippen molar-refractivity contribution in [3.63, 3.8) is 0 Å². The molecule has 0 radical (unpaired) electrons. The lowest BCUT2D eigenvalue weighted by Gasteiger charge is -2.04. The van der Waals surface area contributed by atoms with Gasteiger partial charge in [-0.25, -0.2) is 4.98 Å². The van der Waals surface area contributed by atoms with Crippen LogP contribution in [-0.4, -0.2) is 31.7 Å². The van der Waals surface area contributed by atoms with E-state index in [2.05, 4.69) is 20.2 Å². The Balaban J connectivity index is 2.05. The Bertz CT molecular complexity index is 908. The molecule has 0 bridgehead atoms. The molecule has 6 nitrogen and oxygen atoms in total. The molecule has 1 aromatic carbocycles. The van der Waals surface area contributed by atoms with Crippen LogP contribution in [0.5, 0.6) is 5.75 Å². The molecule has 20 heavy (non-hydrogen) atoms. The van der Waals surface area contributed by atoms with Crippen molar-refractivity contribution in [2.24, 2.45) is 0 Å². The number of nitrogens with zero attached hydrogens (tertiary/aromatic N) is 4. The van der Waals surface area contributed by atoms with Gasteiger partial charge in [0.1, 0.15) is 5.75 Å². The van der Waals surface area contributed by atoms with Gasteiger partial charge in [0, 0.05) is 11.8 Å². The smallest absolute Gasteiger partial charge is 0.180 e. The average Bonchev–Trinajstić information content (AvgIpc) is 3.12. The molecule has 0 unspecified atom stereocenters. The highest BCUT2D eigenvalue weighted by Crippen LogP contribution is 2.25. The van der Waals surface area contributed by atoms with E-state index in [0.717, 1.165) is 33.9 Å². The fraction of sp³-hybridized carbons (Fsp3) is 0.0714. The fourth-order valence-corrected chi connectivity index (χ4v) is 2.33. The third-order valence-corrected chi connectivity index (χ3v) is 3.27. The molecule has 3 aromatic heterocycles. The Morgan fingerprint density at radius 1 is 1.20 bits per heavy atom. The van der Waals surface area contributed by atoms with Crippen LogP contribution < -0.4 is 4.74 Å². The van der Waals surface area contributed by atoms with Gasteiger partial charge in [0.25, 0.3) is 0 Å². The number of methoxy groups -OCH3 is 1. The number of aromatic amines is 1. The number of hydrogen-bond acceptors (Lipinski definition) is 4. The largest absolute Gasteiger partial charge is 0.497 e. The van der Waals surface area contributed by atoms with E-state index in [9.17, 15) is 0 Å². The van der Waals surface area contributed by atoms with E-state index >= 15 is 0 Å². The minimum absolute atomic E-state index is 0.718. The standard InChI is InChI=1S/C14H11N5O/c1-20-10-4-2-3-9(7-10)14-18-17-12-8-16-13-11(19(12)14)5-6-15-13/h2-8,15H,1H3. The van der Waals surface area contributed by atoms with E-state index in [1.807, 2.05) is 40.9 Å². The molecular formula is C14H11N5O. The molecule has 4 aromatic rings. The predicted molar refractivity (Wildman–Crippen MR) is 74.6 cm³/mol. The maximum Gasteiger partial charge on any atom is 0.180 e. The molecule has 98 valence electrons. The maximum absolute atomic E-state index is 5.26. The first-order valence-electron chi connectivity index (χ1n) is 6.18. The second-order valence-corrected chi connectivity index (χ2v) is 4.42. The SMILES string of the molecule is COc1cccc(-c2nnc3cnc4[nH]ccc4n23)c1. The van der Waals surface area contributed by atoms with Gasteiger partial charge >= 0.3 is 0 Å². The second-order valence-electron chi connectivity index (χ2n) is 4.42. The first-order valence-corrected chi connectivity index (χ1v) is 6.18. The van der Waals surface area contributed by atoms with Gasteiger partial charge in [-0.3, -0.25) is 4.40 Å². The van der Waals surface area contributed by atoms with Gasteiger partial charge in [-0.15, -0.1) is 10.2 Å². The first-order chi connectivity index (χ1) is 9.86. The summed E-state index contributed by atoms with van der Waals surface area (Å²) in [6, 6.07) is 9.72. The molecule has 6 heteroatoms. The molecule has 0 amide bonds. The minimum atomic E-state index is 0.718. The van der Waals surface area contributed by atoms with Crippen LogP contribution in [0, 0.1) is 0 Å². The van der Waals surface area contributed by atoms with Gasteiger partial charge in [-0.2, -0.15) is 0 Å². The molecule has 0 aliphatic carbocycles. The quantitative estimate of drug-likeness (QED) is 0.603. The van der Waals surface area contributed by atoms with Gasteiger partial charge in [0.05, 0.1) is 18.8 Å². The van der Waals surface area contributed by atoms with Crippen molar-refractivity contribution in [2.75, 3.05) is 7.11 Å². The molecule has 0 aliphatic heterocycles. The molecule has 1 N–H and O–H groups in total. The van der Waals surface area contributed by atoms with Gasteiger partial charge in [-0.1, -0.05) is 12.1 Å². The van der Waals surface area contributed by atoms with Crippen molar-refractivity contribution < 1.29 is 4.74 Å². The van der Waals surface area contributed by atoms with Crippen LogP contribution in [0.25, 0.3) is 28.2 Å². The molecule has 0 aliphatic rings. The number of hydrogen-bond donors (Lipinski definition) is 1. The lowest BCUT2D eigenvalue weighted by molar-refractivity contribution is 0.415. The number of nitrogens with one attached hydrogen (secondary N) is 1. The summed E-state index contributed by atoms with van der Waals surface area (Å²) in [5.74, 6) is 1.56. The summed E-state index contributed by atoms with van der Waals surface area (Å²) in [5, 5.41) is 8.45.